The Balaban J connectivity index is 0.000000325. The highest BCUT2D eigenvalue weighted by molar-refractivity contribution is 5.98. The second-order valence-corrected chi connectivity index (χ2v) is 14.9. The fraction of sp³-hybridized carbons (Fsp3) is 0.320. The van der Waals surface area contributed by atoms with E-state index < -0.39 is 11.8 Å². The summed E-state index contributed by atoms with van der Waals surface area (Å²) in [5.41, 5.74) is 7.75. The number of hydrogen-bond acceptors (Lipinski definition) is 21. The first-order valence-corrected chi connectivity index (χ1v) is 22.2. The molecule has 0 heterocycles. The molecule has 0 unspecified atom stereocenters. The van der Waals surface area contributed by atoms with Gasteiger partial charge in [0.15, 0.2) is 98.3 Å². The standard InChI is InChI=1S/C24H32N2O10.C16H16N2O6.C10H15NO4/c1-29-13-33-19-7-5-17(11-21(19)35-15-31-3)25-23(27)9-10-24(28)26-18-6-8-20(34-14-30-2)22(12-18)36-16-32-4;19-11-3-1-9(7-13(11)21)17-15(23)5-6-16(24)18-10-2-4-12(20)14(22)8-10;1-12-6-14-9-4-3-8(11)5-10(9)15-7-13-2/h5-8,11-12H,9-10,13-16H2,1-4H3,(H,25,27)(H,26,28);1-4,7-8,19-22H,5-6H2,(H,17,23)(H,18,24);3-5H,6-7,11H2,1-2H3. The molecule has 0 saturated carbocycles. The molecule has 0 radical (unpaired) electrons. The summed E-state index contributed by atoms with van der Waals surface area (Å²) in [4.78, 5) is 48.3. The average molecular weight is 1050 g/mol. The molecule has 25 heteroatoms. The molecule has 408 valence electrons. The molecule has 0 atom stereocenters. The van der Waals surface area contributed by atoms with Gasteiger partial charge in [-0.15, -0.1) is 0 Å². The maximum absolute atomic E-state index is 12.4. The monoisotopic (exact) mass is 1050 g/mol. The number of nitrogens with two attached hydrogens (primary N) is 1. The number of amides is 4. The van der Waals surface area contributed by atoms with Gasteiger partial charge in [-0.3, -0.25) is 19.2 Å². The Kier molecular flexibility index (Phi) is 27.6. The van der Waals surface area contributed by atoms with Crippen LogP contribution in [-0.2, 0) is 47.6 Å². The Bertz CT molecular complexity index is 2420. The average Bonchev–Trinajstić information content (AvgIpc) is 3.39. The van der Waals surface area contributed by atoms with Gasteiger partial charge in [0.25, 0.3) is 0 Å². The zero-order valence-corrected chi connectivity index (χ0v) is 42.1. The number of carbonyl (C=O) groups is 4. The van der Waals surface area contributed by atoms with Crippen molar-refractivity contribution in [3.05, 3.63) is 91.0 Å². The fourth-order valence-corrected chi connectivity index (χ4v) is 5.68. The summed E-state index contributed by atoms with van der Waals surface area (Å²) in [6.45, 7) is 0.372. The lowest BCUT2D eigenvalue weighted by Gasteiger charge is -2.14. The Morgan fingerprint density at radius 2 is 0.600 bits per heavy atom. The van der Waals surface area contributed by atoms with E-state index in [9.17, 15) is 39.6 Å². The van der Waals surface area contributed by atoms with Crippen LogP contribution in [0.4, 0.5) is 28.4 Å². The summed E-state index contributed by atoms with van der Waals surface area (Å²) in [5, 5.41) is 47.5. The van der Waals surface area contributed by atoms with Crippen LogP contribution in [0.5, 0.6) is 57.5 Å². The third-order valence-electron chi connectivity index (χ3n) is 9.09. The Labute approximate surface area is 432 Å². The molecule has 0 spiro atoms. The lowest BCUT2D eigenvalue weighted by atomic mass is 10.2. The van der Waals surface area contributed by atoms with E-state index in [4.69, 9.17) is 62.6 Å². The second kappa shape index (κ2) is 34.1. The summed E-state index contributed by atoms with van der Waals surface area (Å²) >= 11 is 0. The van der Waals surface area contributed by atoms with E-state index in [2.05, 4.69) is 21.3 Å². The van der Waals surface area contributed by atoms with E-state index in [-0.39, 0.29) is 101 Å². The van der Waals surface area contributed by atoms with Gasteiger partial charge in [0.2, 0.25) is 23.6 Å². The van der Waals surface area contributed by atoms with E-state index in [0.717, 1.165) is 0 Å². The van der Waals surface area contributed by atoms with Gasteiger partial charge < -0.3 is 104 Å². The number of aromatic hydroxyl groups is 4. The van der Waals surface area contributed by atoms with Crippen molar-refractivity contribution in [1.29, 1.82) is 0 Å². The largest absolute Gasteiger partial charge is 0.504 e. The van der Waals surface area contributed by atoms with E-state index in [1.54, 1.807) is 68.8 Å². The topological polar surface area (TPSA) is 334 Å². The van der Waals surface area contributed by atoms with Crippen LogP contribution in [0.1, 0.15) is 25.7 Å². The molecule has 10 N–H and O–H groups in total. The van der Waals surface area contributed by atoms with Gasteiger partial charge in [-0.1, -0.05) is 0 Å². The minimum atomic E-state index is -0.441. The number of nitrogen functional groups attached to an aromatic ring is 1. The third kappa shape index (κ3) is 23.3. The molecule has 4 amide bonds. The number of benzene rings is 5. The number of carbonyl (C=O) groups excluding carboxylic acids is 4. The molecule has 0 aliphatic rings. The normalized spacial score (nSPS) is 10.3. The second-order valence-electron chi connectivity index (χ2n) is 14.9. The highest BCUT2D eigenvalue weighted by Gasteiger charge is 2.15. The first-order chi connectivity index (χ1) is 36.1. The molecule has 5 rings (SSSR count). The van der Waals surface area contributed by atoms with Crippen molar-refractivity contribution in [2.24, 2.45) is 0 Å². The molecule has 0 fully saturated rings. The molecule has 0 bridgehead atoms. The maximum Gasteiger partial charge on any atom is 0.224 e. The molecule has 0 aromatic heterocycles. The van der Waals surface area contributed by atoms with Crippen molar-refractivity contribution in [2.45, 2.75) is 25.7 Å². The van der Waals surface area contributed by atoms with Crippen LogP contribution in [0.15, 0.2) is 91.0 Å². The number of nitrogens with one attached hydrogen (secondary N) is 4. The summed E-state index contributed by atoms with van der Waals surface area (Å²) in [6.07, 6.45) is -0.275. The SMILES string of the molecule is COCOc1ccc(N)cc1OCOC.COCOc1ccc(NC(=O)CCC(=O)Nc2ccc(OCOC)c(OCOC)c2)cc1OCOC.O=C(CCC(=O)Nc1ccc(O)c(O)c1)Nc1ccc(O)c(O)c1. The number of rotatable bonds is 28. The smallest absolute Gasteiger partial charge is 0.224 e. The minimum absolute atomic E-state index is 0.00137. The van der Waals surface area contributed by atoms with E-state index in [1.165, 1.54) is 64.8 Å². The van der Waals surface area contributed by atoms with Gasteiger partial charge in [-0.05, 0) is 60.7 Å². The van der Waals surface area contributed by atoms with Gasteiger partial charge in [-0.2, -0.15) is 0 Å². The van der Waals surface area contributed by atoms with E-state index in [0.29, 0.717) is 62.9 Å². The predicted molar refractivity (Wildman–Crippen MR) is 271 cm³/mol. The molecule has 0 aliphatic carbocycles. The first-order valence-electron chi connectivity index (χ1n) is 22.2. The molecule has 5 aromatic carbocycles. The van der Waals surface area contributed by atoms with Crippen LogP contribution < -0.4 is 55.4 Å². The van der Waals surface area contributed by atoms with Gasteiger partial charge in [0.05, 0.1) is 0 Å². The van der Waals surface area contributed by atoms with Crippen molar-refractivity contribution < 1.29 is 96.4 Å². The molecule has 5 aromatic rings. The molecule has 0 aliphatic heterocycles. The number of hydrogen-bond donors (Lipinski definition) is 9. The van der Waals surface area contributed by atoms with Crippen LogP contribution in [0, 0.1) is 0 Å². The zero-order valence-electron chi connectivity index (χ0n) is 42.1. The number of phenolic OH excluding ortho intramolecular Hbond substituents is 4. The Morgan fingerprint density at radius 1 is 0.347 bits per heavy atom. The van der Waals surface area contributed by atoms with Crippen LogP contribution in [0.2, 0.25) is 0 Å². The third-order valence-corrected chi connectivity index (χ3v) is 9.09. The lowest BCUT2D eigenvalue weighted by Crippen LogP contribution is -2.17. The lowest BCUT2D eigenvalue weighted by molar-refractivity contribution is -0.121. The van der Waals surface area contributed by atoms with Crippen molar-refractivity contribution in [2.75, 3.05) is 110 Å². The van der Waals surface area contributed by atoms with Crippen molar-refractivity contribution in [1.82, 2.24) is 0 Å². The minimum Gasteiger partial charge on any atom is -0.504 e. The van der Waals surface area contributed by atoms with E-state index in [1.807, 2.05) is 0 Å². The number of phenols is 4. The summed E-state index contributed by atoms with van der Waals surface area (Å²) in [6, 6.07) is 22.5. The quantitative estimate of drug-likeness (QED) is 0.0119. The molecule has 0 saturated heterocycles. The Morgan fingerprint density at radius 3 is 0.893 bits per heavy atom. The molecular weight excluding hydrogens is 991 g/mol. The molecule has 75 heavy (non-hydrogen) atoms. The van der Waals surface area contributed by atoms with Crippen LogP contribution >= 0.6 is 0 Å². The highest BCUT2D eigenvalue weighted by Crippen LogP contribution is 2.33. The fourth-order valence-electron chi connectivity index (χ4n) is 5.68. The van der Waals surface area contributed by atoms with Crippen molar-refractivity contribution >= 4 is 52.1 Å². The first kappa shape index (κ1) is 60.8. The highest BCUT2D eigenvalue weighted by atomic mass is 16.7. The number of ether oxygens (including phenoxy) is 12. The predicted octanol–water partition coefficient (Wildman–Crippen LogP) is 6.08. The van der Waals surface area contributed by atoms with Crippen LogP contribution in [0.3, 0.4) is 0 Å². The van der Waals surface area contributed by atoms with Gasteiger partial charge >= 0.3 is 0 Å². The number of methoxy groups -OCH3 is 6. The van der Waals surface area contributed by atoms with Crippen LogP contribution in [0.25, 0.3) is 0 Å². The van der Waals surface area contributed by atoms with Crippen molar-refractivity contribution in [3.8, 4) is 57.5 Å². The van der Waals surface area contributed by atoms with Crippen LogP contribution in [-0.4, -0.2) is 127 Å². The van der Waals surface area contributed by atoms with Gasteiger partial charge in [0.1, 0.15) is 0 Å². The summed E-state index contributed by atoms with van der Waals surface area (Å²) < 4.78 is 61.6. The zero-order chi connectivity index (χ0) is 55.0. The summed E-state index contributed by atoms with van der Waals surface area (Å²) in [7, 11) is 9.07. The summed E-state index contributed by atoms with van der Waals surface area (Å²) in [5.74, 6) is -0.198. The van der Waals surface area contributed by atoms with Crippen molar-refractivity contribution in [3.63, 3.8) is 0 Å². The molecule has 25 nitrogen and oxygen atoms in total. The maximum atomic E-state index is 12.4. The number of anilines is 5. The van der Waals surface area contributed by atoms with E-state index >= 15 is 0 Å². The van der Waals surface area contributed by atoms with Gasteiger partial charge in [0, 0.05) is 127 Å². The molecular formula is C50H63N5O20. The van der Waals surface area contributed by atoms with Gasteiger partial charge in [-0.25, -0.2) is 0 Å². The Hall–Kier alpha value is -8.46.